The first-order valence-electron chi connectivity index (χ1n) is 6.17. The molecule has 0 spiro atoms. The number of nitrogens with zero attached hydrogens (tertiary/aromatic N) is 2. The molecule has 1 aromatic rings. The molecular weight excluding hydrogens is 242 g/mol. The van der Waals surface area contributed by atoms with E-state index in [-0.39, 0.29) is 17.8 Å². The number of hydrogen-bond donors (Lipinski definition) is 2. The molecule has 1 rings (SSSR count). The van der Waals surface area contributed by atoms with E-state index in [2.05, 4.69) is 5.16 Å². The molecule has 0 fully saturated rings. The average Bonchev–Trinajstić information content (AvgIpc) is 2.35. The van der Waals surface area contributed by atoms with Crippen LogP contribution in [0.1, 0.15) is 34.8 Å². The van der Waals surface area contributed by atoms with Crippen molar-refractivity contribution in [3.63, 3.8) is 0 Å². The predicted molar refractivity (Wildman–Crippen MR) is 75.5 cm³/mol. The summed E-state index contributed by atoms with van der Waals surface area (Å²) >= 11 is 0. The van der Waals surface area contributed by atoms with Gasteiger partial charge in [-0.15, -0.1) is 0 Å². The van der Waals surface area contributed by atoms with Crippen LogP contribution in [0.2, 0.25) is 0 Å². The van der Waals surface area contributed by atoms with Crippen LogP contribution in [-0.4, -0.2) is 34.9 Å². The van der Waals surface area contributed by atoms with E-state index >= 15 is 0 Å². The van der Waals surface area contributed by atoms with Gasteiger partial charge in [0.05, 0.1) is 0 Å². The Balaban J connectivity index is 2.87. The number of rotatable bonds is 4. The summed E-state index contributed by atoms with van der Waals surface area (Å²) < 4.78 is 0. The van der Waals surface area contributed by atoms with E-state index in [4.69, 9.17) is 10.9 Å². The van der Waals surface area contributed by atoms with E-state index in [9.17, 15) is 4.79 Å². The number of carbonyl (C=O) groups excluding carboxylic acids is 1. The van der Waals surface area contributed by atoms with E-state index in [0.717, 1.165) is 11.1 Å². The first kappa shape index (κ1) is 15.0. The van der Waals surface area contributed by atoms with Crippen molar-refractivity contribution in [1.82, 2.24) is 4.90 Å². The molecule has 0 bridgehead atoms. The fraction of sp³-hybridized carbons (Fsp3) is 0.429. The lowest BCUT2D eigenvalue weighted by molar-refractivity contribution is 0.0747. The summed E-state index contributed by atoms with van der Waals surface area (Å²) in [6.45, 7) is 5.78. The molecule has 5 nitrogen and oxygen atoms in total. The van der Waals surface area contributed by atoms with Crippen molar-refractivity contribution in [1.29, 1.82) is 0 Å². The van der Waals surface area contributed by atoms with Gasteiger partial charge >= 0.3 is 0 Å². The smallest absolute Gasteiger partial charge is 0.253 e. The molecule has 1 unspecified atom stereocenters. The van der Waals surface area contributed by atoms with Gasteiger partial charge in [-0.1, -0.05) is 22.3 Å². The Morgan fingerprint density at radius 3 is 2.37 bits per heavy atom. The van der Waals surface area contributed by atoms with Crippen molar-refractivity contribution in [2.75, 3.05) is 7.05 Å². The summed E-state index contributed by atoms with van der Waals surface area (Å²) in [6, 6.07) is 5.62. The average molecular weight is 263 g/mol. The van der Waals surface area contributed by atoms with Gasteiger partial charge in [0.15, 0.2) is 0 Å². The lowest BCUT2D eigenvalue weighted by Crippen LogP contribution is -2.37. The van der Waals surface area contributed by atoms with Crippen LogP contribution < -0.4 is 5.73 Å². The highest BCUT2D eigenvalue weighted by Crippen LogP contribution is 2.13. The number of benzene rings is 1. The van der Waals surface area contributed by atoms with Gasteiger partial charge < -0.3 is 15.8 Å². The fourth-order valence-corrected chi connectivity index (χ4v) is 1.98. The molecule has 0 aliphatic heterocycles. The molecule has 1 atom stereocenters. The molecule has 1 amide bonds. The summed E-state index contributed by atoms with van der Waals surface area (Å²) in [5, 5.41) is 11.5. The summed E-state index contributed by atoms with van der Waals surface area (Å²) in [5.41, 5.74) is 8.23. The van der Waals surface area contributed by atoms with Crippen LogP contribution in [-0.2, 0) is 0 Å². The molecule has 3 N–H and O–H groups in total. The van der Waals surface area contributed by atoms with Gasteiger partial charge in [-0.05, 0) is 32.9 Å². The summed E-state index contributed by atoms with van der Waals surface area (Å²) in [4.78, 5) is 13.9. The van der Waals surface area contributed by atoms with Crippen molar-refractivity contribution < 1.29 is 10.0 Å². The van der Waals surface area contributed by atoms with Crippen LogP contribution in [0.5, 0.6) is 0 Å². The number of nitrogens with two attached hydrogens (primary N) is 1. The number of amides is 1. The Hall–Kier alpha value is -2.04. The maximum Gasteiger partial charge on any atom is 0.253 e. The van der Waals surface area contributed by atoms with E-state index < -0.39 is 0 Å². The first-order valence-corrected chi connectivity index (χ1v) is 6.17. The molecule has 0 aliphatic rings. The second-order valence-corrected chi connectivity index (χ2v) is 4.94. The second kappa shape index (κ2) is 6.22. The summed E-state index contributed by atoms with van der Waals surface area (Å²) in [6.07, 6.45) is 0.337. The maximum absolute atomic E-state index is 12.3. The topological polar surface area (TPSA) is 78.9 Å². The van der Waals surface area contributed by atoms with Crippen molar-refractivity contribution in [2.24, 2.45) is 10.9 Å². The minimum Gasteiger partial charge on any atom is -0.409 e. The number of aryl methyl sites for hydroxylation is 2. The lowest BCUT2D eigenvalue weighted by Gasteiger charge is -2.25. The van der Waals surface area contributed by atoms with Gasteiger partial charge in [-0.3, -0.25) is 4.79 Å². The Kier molecular flexibility index (Phi) is 4.92. The zero-order valence-corrected chi connectivity index (χ0v) is 11.8. The van der Waals surface area contributed by atoms with Crippen molar-refractivity contribution >= 4 is 11.7 Å². The zero-order chi connectivity index (χ0) is 14.6. The van der Waals surface area contributed by atoms with E-state index in [1.165, 1.54) is 0 Å². The number of hydrogen-bond acceptors (Lipinski definition) is 3. The normalized spacial score (nSPS) is 13.2. The van der Waals surface area contributed by atoms with Gasteiger partial charge in [0.25, 0.3) is 5.91 Å². The largest absolute Gasteiger partial charge is 0.409 e. The number of oxime groups is 1. The summed E-state index contributed by atoms with van der Waals surface area (Å²) in [5.74, 6) is 0.0533. The third-order valence-corrected chi connectivity index (χ3v) is 3.08. The van der Waals surface area contributed by atoms with Crippen LogP contribution >= 0.6 is 0 Å². The molecule has 0 heterocycles. The van der Waals surface area contributed by atoms with Crippen molar-refractivity contribution in [2.45, 2.75) is 33.2 Å². The maximum atomic E-state index is 12.3. The molecule has 1 aromatic carbocycles. The van der Waals surface area contributed by atoms with Gasteiger partial charge in [-0.2, -0.15) is 0 Å². The van der Waals surface area contributed by atoms with E-state index in [0.29, 0.717) is 12.0 Å². The Labute approximate surface area is 113 Å². The highest BCUT2D eigenvalue weighted by Gasteiger charge is 2.18. The van der Waals surface area contributed by atoms with Crippen LogP contribution in [0.15, 0.2) is 23.4 Å². The molecule has 5 heteroatoms. The SMILES string of the molecule is Cc1cc(C)cc(C(=O)N(C)C(C)C/C(N)=N/O)c1. The molecule has 0 aliphatic carbocycles. The molecule has 0 saturated carbocycles. The van der Waals surface area contributed by atoms with Crippen LogP contribution in [0.4, 0.5) is 0 Å². The van der Waals surface area contributed by atoms with Crippen molar-refractivity contribution in [3.05, 3.63) is 34.9 Å². The van der Waals surface area contributed by atoms with Crippen LogP contribution in [0.3, 0.4) is 0 Å². The molecule has 0 aromatic heterocycles. The Bertz CT molecular complexity index is 477. The molecule has 0 radical (unpaired) electrons. The van der Waals surface area contributed by atoms with Gasteiger partial charge in [0.2, 0.25) is 0 Å². The monoisotopic (exact) mass is 263 g/mol. The number of carbonyl (C=O) groups is 1. The van der Waals surface area contributed by atoms with Gasteiger partial charge in [0.1, 0.15) is 5.84 Å². The summed E-state index contributed by atoms with van der Waals surface area (Å²) in [7, 11) is 1.72. The fourth-order valence-electron chi connectivity index (χ4n) is 1.98. The van der Waals surface area contributed by atoms with Gasteiger partial charge in [-0.25, -0.2) is 0 Å². The Morgan fingerprint density at radius 1 is 1.37 bits per heavy atom. The zero-order valence-electron chi connectivity index (χ0n) is 11.8. The third-order valence-electron chi connectivity index (χ3n) is 3.08. The lowest BCUT2D eigenvalue weighted by atomic mass is 10.1. The van der Waals surface area contributed by atoms with Crippen LogP contribution in [0.25, 0.3) is 0 Å². The quantitative estimate of drug-likeness (QED) is 0.377. The molecule has 104 valence electrons. The first-order chi connectivity index (χ1) is 8.85. The third kappa shape index (κ3) is 3.98. The highest BCUT2D eigenvalue weighted by molar-refractivity contribution is 5.95. The van der Waals surface area contributed by atoms with Gasteiger partial charge in [0, 0.05) is 25.1 Å². The molecular formula is C14H21N3O2. The van der Waals surface area contributed by atoms with Crippen molar-refractivity contribution in [3.8, 4) is 0 Å². The minimum absolute atomic E-state index is 0.0648. The Morgan fingerprint density at radius 2 is 1.89 bits per heavy atom. The highest BCUT2D eigenvalue weighted by atomic mass is 16.4. The number of amidine groups is 1. The molecule has 19 heavy (non-hydrogen) atoms. The van der Waals surface area contributed by atoms with E-state index in [1.807, 2.05) is 39.0 Å². The standard InChI is InChI=1S/C14H21N3O2/c1-9-5-10(2)7-12(6-9)14(18)17(4)11(3)8-13(15)16-19/h5-7,11,19H,8H2,1-4H3,(H2,15,16). The second-order valence-electron chi connectivity index (χ2n) is 4.94. The molecule has 0 saturated heterocycles. The minimum atomic E-state index is -0.135. The predicted octanol–water partition coefficient (Wildman–Crippen LogP) is 1.90. The van der Waals surface area contributed by atoms with E-state index in [1.54, 1.807) is 11.9 Å². The van der Waals surface area contributed by atoms with Crippen LogP contribution in [0, 0.1) is 13.8 Å².